The number of hydrogen-bond acceptors (Lipinski definition) is 5. The monoisotopic (exact) mass is 597 g/mol. The number of hydrogen-bond donors (Lipinski definition) is 1. The Morgan fingerprint density at radius 3 is 1.98 bits per heavy atom. The minimum absolute atomic E-state index is 0.105. The number of sulfonamides is 2. The van der Waals surface area contributed by atoms with E-state index in [9.17, 15) is 34.8 Å². The molecule has 1 N–H and O–H groups in total. The first kappa shape index (κ1) is 31.1. The van der Waals surface area contributed by atoms with Crippen LogP contribution in [-0.2, 0) is 31.0 Å². The smallest absolute Gasteiger partial charge is 0.324 e. The zero-order valence-electron chi connectivity index (χ0n) is 22.8. The van der Waals surface area contributed by atoms with Crippen molar-refractivity contribution in [3.8, 4) is 0 Å². The Morgan fingerprint density at radius 2 is 1.43 bits per heavy atom. The number of nitrogens with one attached hydrogen (secondary N) is 1. The van der Waals surface area contributed by atoms with Crippen LogP contribution in [-0.4, -0.2) is 47.7 Å². The first-order chi connectivity index (χ1) is 18.4. The lowest BCUT2D eigenvalue weighted by Gasteiger charge is -2.27. The number of aryl methyl sites for hydroxylation is 4. The van der Waals surface area contributed by atoms with Gasteiger partial charge in [-0.25, -0.2) is 21.1 Å². The molecular formula is C27H30F3N3O5S2. The minimum atomic E-state index is -4.75. The molecule has 1 amide bonds. The first-order valence-corrected chi connectivity index (χ1v) is 14.8. The number of carbonyl (C=O) groups excluding carboxylic acids is 1. The summed E-state index contributed by atoms with van der Waals surface area (Å²) in [6.07, 6.45) is -4.75. The van der Waals surface area contributed by atoms with Gasteiger partial charge in [-0.2, -0.15) is 13.2 Å². The van der Waals surface area contributed by atoms with Crippen molar-refractivity contribution in [3.05, 3.63) is 82.4 Å². The molecule has 0 atom stereocenters. The van der Waals surface area contributed by atoms with Gasteiger partial charge in [0, 0.05) is 19.8 Å². The van der Waals surface area contributed by atoms with Gasteiger partial charge in [0.15, 0.2) is 0 Å². The Hall–Kier alpha value is -3.42. The number of rotatable bonds is 8. The summed E-state index contributed by atoms with van der Waals surface area (Å²) in [4.78, 5) is 13.0. The molecule has 0 heterocycles. The Kier molecular flexibility index (Phi) is 8.73. The first-order valence-electron chi connectivity index (χ1n) is 12.0. The fraction of sp³-hybridized carbons (Fsp3) is 0.296. The number of carbonyl (C=O) groups is 1. The van der Waals surface area contributed by atoms with Crippen molar-refractivity contribution in [1.82, 2.24) is 4.31 Å². The maximum atomic E-state index is 13.9. The molecule has 0 fully saturated rings. The van der Waals surface area contributed by atoms with Gasteiger partial charge < -0.3 is 5.32 Å². The quantitative estimate of drug-likeness (QED) is 0.393. The molecule has 0 spiro atoms. The molecule has 216 valence electrons. The third-order valence-electron chi connectivity index (χ3n) is 6.16. The van der Waals surface area contributed by atoms with Gasteiger partial charge in [-0.05, 0) is 74.7 Å². The zero-order valence-corrected chi connectivity index (χ0v) is 24.4. The van der Waals surface area contributed by atoms with Crippen LogP contribution in [0.1, 0.15) is 27.8 Å². The van der Waals surface area contributed by atoms with Crippen LogP contribution in [0.3, 0.4) is 0 Å². The number of amides is 1. The van der Waals surface area contributed by atoms with Crippen LogP contribution in [0.4, 0.5) is 24.5 Å². The molecule has 40 heavy (non-hydrogen) atoms. The van der Waals surface area contributed by atoms with E-state index in [4.69, 9.17) is 0 Å². The maximum absolute atomic E-state index is 13.9. The molecule has 0 saturated heterocycles. The predicted molar refractivity (Wildman–Crippen MR) is 147 cm³/mol. The molecule has 8 nitrogen and oxygen atoms in total. The van der Waals surface area contributed by atoms with Gasteiger partial charge in [0.25, 0.3) is 10.0 Å². The van der Waals surface area contributed by atoms with Gasteiger partial charge in [0.05, 0.1) is 21.0 Å². The highest BCUT2D eigenvalue weighted by molar-refractivity contribution is 7.93. The van der Waals surface area contributed by atoms with Gasteiger partial charge in [-0.1, -0.05) is 29.8 Å². The summed E-state index contributed by atoms with van der Waals surface area (Å²) in [6, 6.07) is 11.0. The van der Waals surface area contributed by atoms with Crippen molar-refractivity contribution in [3.63, 3.8) is 0 Å². The third kappa shape index (κ3) is 6.48. The molecule has 0 aromatic heterocycles. The molecule has 0 aliphatic rings. The summed E-state index contributed by atoms with van der Waals surface area (Å²) in [7, 11) is -5.68. The summed E-state index contributed by atoms with van der Waals surface area (Å²) in [5.41, 5.74) is 0.687. The van der Waals surface area contributed by atoms with E-state index in [-0.39, 0.29) is 21.2 Å². The lowest BCUT2D eigenvalue weighted by Crippen LogP contribution is -2.39. The zero-order chi connectivity index (χ0) is 30.2. The fourth-order valence-electron chi connectivity index (χ4n) is 4.26. The molecule has 0 aliphatic carbocycles. The van der Waals surface area contributed by atoms with Gasteiger partial charge in [0.1, 0.15) is 6.54 Å². The third-order valence-corrected chi connectivity index (χ3v) is 10.1. The van der Waals surface area contributed by atoms with Crippen LogP contribution in [0.15, 0.2) is 64.4 Å². The van der Waals surface area contributed by atoms with E-state index in [0.29, 0.717) is 27.1 Å². The van der Waals surface area contributed by atoms with E-state index in [0.717, 1.165) is 22.0 Å². The molecule has 3 rings (SSSR count). The molecule has 0 radical (unpaired) electrons. The fourth-order valence-corrected chi connectivity index (χ4v) is 7.02. The van der Waals surface area contributed by atoms with E-state index in [1.807, 2.05) is 0 Å². The molecule has 0 saturated carbocycles. The van der Waals surface area contributed by atoms with Gasteiger partial charge in [-0.15, -0.1) is 0 Å². The number of anilines is 2. The highest BCUT2D eigenvalue weighted by atomic mass is 32.2. The molecule has 0 bridgehead atoms. The SMILES string of the molecule is Cc1cc(C)c(S(=O)(=O)N(CC(=O)Nc2cc(S(=O)(=O)N(C)C)ccc2C)c2cccc(C(F)(F)F)c2)c(C)c1. The van der Waals surface area contributed by atoms with E-state index in [1.165, 1.54) is 38.4 Å². The van der Waals surface area contributed by atoms with Crippen molar-refractivity contribution in [1.29, 1.82) is 0 Å². The van der Waals surface area contributed by atoms with E-state index in [2.05, 4.69) is 5.32 Å². The minimum Gasteiger partial charge on any atom is -0.324 e. The van der Waals surface area contributed by atoms with Crippen molar-refractivity contribution >= 4 is 37.3 Å². The normalized spacial score (nSPS) is 12.4. The summed E-state index contributed by atoms with van der Waals surface area (Å²) in [5, 5.41) is 2.52. The highest BCUT2D eigenvalue weighted by Gasteiger charge is 2.34. The van der Waals surface area contributed by atoms with Crippen LogP contribution in [0.25, 0.3) is 0 Å². The second-order valence-electron chi connectivity index (χ2n) is 9.60. The number of alkyl halides is 3. The van der Waals surface area contributed by atoms with Crippen molar-refractivity contribution in [2.24, 2.45) is 0 Å². The van der Waals surface area contributed by atoms with E-state index >= 15 is 0 Å². The second kappa shape index (κ2) is 11.2. The van der Waals surface area contributed by atoms with Crippen molar-refractivity contribution in [2.45, 2.75) is 43.7 Å². The van der Waals surface area contributed by atoms with E-state index < -0.39 is 44.2 Å². The second-order valence-corrected chi connectivity index (χ2v) is 13.6. The standard InChI is InChI=1S/C27H30F3N3O5S2/c1-17-12-19(3)26(20(4)13-17)40(37,38)33(22-9-7-8-21(14-22)27(28,29)30)16-25(34)31-24-15-23(11-10-18(24)2)39(35,36)32(5)6/h7-15H,16H2,1-6H3,(H,31,34). The molecular weight excluding hydrogens is 567 g/mol. The molecule has 13 heteroatoms. The lowest BCUT2D eigenvalue weighted by atomic mass is 10.1. The Morgan fingerprint density at radius 1 is 0.825 bits per heavy atom. The molecule has 3 aromatic rings. The average Bonchev–Trinajstić information content (AvgIpc) is 2.82. The molecule has 0 unspecified atom stereocenters. The largest absolute Gasteiger partial charge is 0.416 e. The maximum Gasteiger partial charge on any atom is 0.416 e. The summed E-state index contributed by atoms with van der Waals surface area (Å²) >= 11 is 0. The number of benzene rings is 3. The number of nitrogens with zero attached hydrogens (tertiary/aromatic N) is 2. The van der Waals surface area contributed by atoms with Crippen LogP contribution < -0.4 is 9.62 Å². The topological polar surface area (TPSA) is 104 Å². The van der Waals surface area contributed by atoms with Gasteiger partial charge in [0.2, 0.25) is 15.9 Å². The Bertz CT molecular complexity index is 1650. The highest BCUT2D eigenvalue weighted by Crippen LogP contribution is 2.34. The van der Waals surface area contributed by atoms with Crippen LogP contribution >= 0.6 is 0 Å². The predicted octanol–water partition coefficient (Wildman–Crippen LogP) is 5.02. The number of halogens is 3. The van der Waals surface area contributed by atoms with Crippen molar-refractivity contribution < 1.29 is 34.8 Å². The van der Waals surface area contributed by atoms with Crippen LogP contribution in [0.5, 0.6) is 0 Å². The van der Waals surface area contributed by atoms with Gasteiger partial charge >= 0.3 is 6.18 Å². The summed E-state index contributed by atoms with van der Waals surface area (Å²) in [6.45, 7) is 5.65. The van der Waals surface area contributed by atoms with E-state index in [1.54, 1.807) is 39.8 Å². The Balaban J connectivity index is 2.11. The Labute approximate surface area is 232 Å². The van der Waals surface area contributed by atoms with Gasteiger partial charge in [-0.3, -0.25) is 9.10 Å². The lowest BCUT2D eigenvalue weighted by molar-refractivity contribution is -0.137. The summed E-state index contributed by atoms with van der Waals surface area (Å²) in [5.74, 6) is -0.883. The van der Waals surface area contributed by atoms with Crippen LogP contribution in [0, 0.1) is 27.7 Å². The van der Waals surface area contributed by atoms with Crippen LogP contribution in [0.2, 0.25) is 0 Å². The van der Waals surface area contributed by atoms with Crippen molar-refractivity contribution in [2.75, 3.05) is 30.3 Å². The average molecular weight is 598 g/mol. The molecule has 3 aromatic carbocycles. The molecule has 0 aliphatic heterocycles. The summed E-state index contributed by atoms with van der Waals surface area (Å²) < 4.78 is 95.2.